The van der Waals surface area contributed by atoms with Gasteiger partial charge in [-0.05, 0) is 31.5 Å². The number of halogens is 2. The molecule has 0 bridgehead atoms. The molecule has 1 atom stereocenters. The molecule has 0 aromatic heterocycles. The van der Waals surface area contributed by atoms with Crippen LogP contribution in [0.3, 0.4) is 0 Å². The first-order valence-electron chi connectivity index (χ1n) is 6.10. The molecule has 1 amide bonds. The third kappa shape index (κ3) is 3.26. The summed E-state index contributed by atoms with van der Waals surface area (Å²) in [7, 11) is 0. The Morgan fingerprint density at radius 2 is 2.11 bits per heavy atom. The molecule has 2 N–H and O–H groups in total. The van der Waals surface area contributed by atoms with Gasteiger partial charge in [0.25, 0.3) is 0 Å². The van der Waals surface area contributed by atoms with Gasteiger partial charge >= 0.3 is 0 Å². The Morgan fingerprint density at radius 3 is 2.72 bits per heavy atom. The van der Waals surface area contributed by atoms with E-state index in [9.17, 15) is 13.6 Å². The number of rotatable bonds is 3. The smallest absolute Gasteiger partial charge is 0.224 e. The van der Waals surface area contributed by atoms with Gasteiger partial charge in [0.2, 0.25) is 5.91 Å². The normalized spacial score (nSPS) is 19.6. The quantitative estimate of drug-likeness (QED) is 0.855. The van der Waals surface area contributed by atoms with Crippen molar-refractivity contribution in [2.75, 3.05) is 13.1 Å². The molecule has 1 saturated heterocycles. The molecule has 98 valence electrons. The molecule has 3 nitrogen and oxygen atoms in total. The number of hydrogen-bond donors (Lipinski definition) is 2. The van der Waals surface area contributed by atoms with Gasteiger partial charge in [-0.15, -0.1) is 0 Å². The summed E-state index contributed by atoms with van der Waals surface area (Å²) in [5, 5.41) is 5.95. The van der Waals surface area contributed by atoms with Crippen LogP contribution in [0.5, 0.6) is 0 Å². The average molecular weight is 254 g/mol. The Bertz CT molecular complexity index is 411. The standard InChI is InChI=1S/C13H16F2N2O/c14-11-4-1-5-12(15)10(11)7-13(18)17-9-3-2-6-16-8-9/h1,4-5,9,16H,2-3,6-8H2,(H,17,18)/t9-/m0/s1. The van der Waals surface area contributed by atoms with Crippen LogP contribution in [0.2, 0.25) is 0 Å². The molecule has 5 heteroatoms. The molecule has 1 heterocycles. The van der Waals surface area contributed by atoms with Crippen molar-refractivity contribution in [2.45, 2.75) is 25.3 Å². The summed E-state index contributed by atoms with van der Waals surface area (Å²) in [5.74, 6) is -1.69. The van der Waals surface area contributed by atoms with E-state index in [2.05, 4.69) is 10.6 Å². The van der Waals surface area contributed by atoms with Crippen molar-refractivity contribution in [1.82, 2.24) is 10.6 Å². The summed E-state index contributed by atoms with van der Waals surface area (Å²) in [6.07, 6.45) is 1.65. The molecule has 1 aromatic carbocycles. The van der Waals surface area contributed by atoms with E-state index >= 15 is 0 Å². The molecule has 0 radical (unpaired) electrons. The molecule has 1 aliphatic rings. The van der Waals surface area contributed by atoms with Crippen molar-refractivity contribution in [2.24, 2.45) is 0 Å². The van der Waals surface area contributed by atoms with Crippen LogP contribution in [0, 0.1) is 11.6 Å². The maximum Gasteiger partial charge on any atom is 0.224 e. The fraction of sp³-hybridized carbons (Fsp3) is 0.462. The van der Waals surface area contributed by atoms with Gasteiger partial charge < -0.3 is 10.6 Å². The Labute approximate surface area is 105 Å². The van der Waals surface area contributed by atoms with E-state index in [1.807, 2.05) is 0 Å². The largest absolute Gasteiger partial charge is 0.352 e. The number of amides is 1. The highest BCUT2D eigenvalue weighted by atomic mass is 19.1. The van der Waals surface area contributed by atoms with Crippen molar-refractivity contribution < 1.29 is 13.6 Å². The predicted molar refractivity (Wildman–Crippen MR) is 64.1 cm³/mol. The van der Waals surface area contributed by atoms with Gasteiger partial charge in [-0.25, -0.2) is 8.78 Å². The molecule has 1 aliphatic heterocycles. The van der Waals surface area contributed by atoms with Crippen LogP contribution in [0.4, 0.5) is 8.78 Å². The summed E-state index contributed by atoms with van der Waals surface area (Å²) in [6, 6.07) is 3.67. The molecule has 0 aliphatic carbocycles. The molecular weight excluding hydrogens is 238 g/mol. The van der Waals surface area contributed by atoms with E-state index in [1.54, 1.807) is 0 Å². The Morgan fingerprint density at radius 1 is 1.39 bits per heavy atom. The minimum atomic E-state index is -0.674. The Hall–Kier alpha value is -1.49. The van der Waals surface area contributed by atoms with Gasteiger partial charge in [0.15, 0.2) is 0 Å². The zero-order chi connectivity index (χ0) is 13.0. The molecule has 0 saturated carbocycles. The number of benzene rings is 1. The van der Waals surface area contributed by atoms with E-state index in [-0.39, 0.29) is 23.9 Å². The number of nitrogens with one attached hydrogen (secondary N) is 2. The first-order chi connectivity index (χ1) is 8.66. The third-order valence-electron chi connectivity index (χ3n) is 3.06. The van der Waals surface area contributed by atoms with Crippen LogP contribution in [-0.2, 0) is 11.2 Å². The minimum absolute atomic E-state index is 0.0566. The summed E-state index contributed by atoms with van der Waals surface area (Å²) in [4.78, 5) is 11.7. The molecular formula is C13H16F2N2O. The summed E-state index contributed by atoms with van der Waals surface area (Å²) in [5.41, 5.74) is -0.168. The van der Waals surface area contributed by atoms with E-state index in [0.717, 1.165) is 31.5 Å². The summed E-state index contributed by atoms with van der Waals surface area (Å²) < 4.78 is 26.7. The van der Waals surface area contributed by atoms with Crippen molar-refractivity contribution in [3.05, 3.63) is 35.4 Å². The number of hydrogen-bond acceptors (Lipinski definition) is 2. The van der Waals surface area contributed by atoms with Crippen LogP contribution in [0.15, 0.2) is 18.2 Å². The topological polar surface area (TPSA) is 41.1 Å². The number of carbonyl (C=O) groups is 1. The van der Waals surface area contributed by atoms with Gasteiger partial charge in [0.05, 0.1) is 6.42 Å². The monoisotopic (exact) mass is 254 g/mol. The molecule has 1 aromatic rings. The molecule has 0 spiro atoms. The summed E-state index contributed by atoms with van der Waals surface area (Å²) >= 11 is 0. The van der Waals surface area contributed by atoms with Crippen LogP contribution in [0.25, 0.3) is 0 Å². The van der Waals surface area contributed by atoms with Gasteiger partial charge in [-0.2, -0.15) is 0 Å². The van der Waals surface area contributed by atoms with Crippen molar-refractivity contribution in [1.29, 1.82) is 0 Å². The van der Waals surface area contributed by atoms with E-state index in [4.69, 9.17) is 0 Å². The number of piperidine rings is 1. The lowest BCUT2D eigenvalue weighted by Crippen LogP contribution is -2.46. The Balaban J connectivity index is 1.94. The SMILES string of the molecule is O=C(Cc1c(F)cccc1F)N[C@H]1CCCNC1. The molecule has 1 fully saturated rings. The highest BCUT2D eigenvalue weighted by Crippen LogP contribution is 2.13. The predicted octanol–water partition coefficient (Wildman–Crippen LogP) is 1.38. The van der Waals surface area contributed by atoms with Crippen LogP contribution < -0.4 is 10.6 Å². The van der Waals surface area contributed by atoms with Crippen LogP contribution >= 0.6 is 0 Å². The average Bonchev–Trinajstić information content (AvgIpc) is 2.35. The maximum absolute atomic E-state index is 13.4. The minimum Gasteiger partial charge on any atom is -0.352 e. The summed E-state index contributed by atoms with van der Waals surface area (Å²) in [6.45, 7) is 1.67. The lowest BCUT2D eigenvalue weighted by molar-refractivity contribution is -0.121. The fourth-order valence-corrected chi connectivity index (χ4v) is 2.12. The lowest BCUT2D eigenvalue weighted by atomic mass is 10.1. The fourth-order valence-electron chi connectivity index (χ4n) is 2.12. The molecule has 0 unspecified atom stereocenters. The first kappa shape index (κ1) is 13.0. The third-order valence-corrected chi connectivity index (χ3v) is 3.06. The number of carbonyl (C=O) groups excluding carboxylic acids is 1. The lowest BCUT2D eigenvalue weighted by Gasteiger charge is -2.23. The van der Waals surface area contributed by atoms with Crippen LogP contribution in [0.1, 0.15) is 18.4 Å². The van der Waals surface area contributed by atoms with Crippen molar-refractivity contribution >= 4 is 5.91 Å². The molecule has 2 rings (SSSR count). The first-order valence-corrected chi connectivity index (χ1v) is 6.10. The molecule has 18 heavy (non-hydrogen) atoms. The highest BCUT2D eigenvalue weighted by Gasteiger charge is 2.18. The van der Waals surface area contributed by atoms with Gasteiger partial charge in [-0.1, -0.05) is 6.07 Å². The van der Waals surface area contributed by atoms with E-state index in [1.165, 1.54) is 6.07 Å². The van der Waals surface area contributed by atoms with Gasteiger partial charge in [-0.3, -0.25) is 4.79 Å². The zero-order valence-electron chi connectivity index (χ0n) is 10.0. The van der Waals surface area contributed by atoms with E-state index in [0.29, 0.717) is 6.54 Å². The second-order valence-electron chi connectivity index (χ2n) is 4.49. The van der Waals surface area contributed by atoms with Gasteiger partial charge in [0.1, 0.15) is 11.6 Å². The Kier molecular flexibility index (Phi) is 4.25. The zero-order valence-corrected chi connectivity index (χ0v) is 10.0. The maximum atomic E-state index is 13.4. The second kappa shape index (κ2) is 5.91. The van der Waals surface area contributed by atoms with Gasteiger partial charge in [0, 0.05) is 18.2 Å². The van der Waals surface area contributed by atoms with Crippen molar-refractivity contribution in [3.8, 4) is 0 Å². The van der Waals surface area contributed by atoms with Crippen LogP contribution in [-0.4, -0.2) is 25.0 Å². The van der Waals surface area contributed by atoms with Crippen molar-refractivity contribution in [3.63, 3.8) is 0 Å². The second-order valence-corrected chi connectivity index (χ2v) is 4.49. The highest BCUT2D eigenvalue weighted by molar-refractivity contribution is 5.79. The van der Waals surface area contributed by atoms with E-state index < -0.39 is 11.6 Å².